The molecule has 2 aromatic heterocycles. The Morgan fingerprint density at radius 1 is 1.07 bits per heavy atom. The van der Waals surface area contributed by atoms with Crippen LogP contribution >= 0.6 is 0 Å². The topological polar surface area (TPSA) is 94.1 Å². The number of piperidine rings is 1. The maximum atomic E-state index is 12.9. The van der Waals surface area contributed by atoms with Gasteiger partial charge in [-0.25, -0.2) is 9.97 Å². The molecule has 5 rings (SSSR count). The molecule has 1 aromatic carbocycles. The average molecular weight is 401 g/mol. The van der Waals surface area contributed by atoms with Crippen LogP contribution in [0.4, 0.5) is 5.82 Å². The molecule has 152 valence electrons. The highest BCUT2D eigenvalue weighted by atomic mass is 16.2. The van der Waals surface area contributed by atoms with Crippen LogP contribution in [0.5, 0.6) is 0 Å². The fourth-order valence-electron chi connectivity index (χ4n) is 4.72. The molecule has 3 aromatic rings. The molecule has 2 N–H and O–H groups in total. The molecular weight excluding hydrogens is 378 g/mol. The molecule has 0 saturated carbocycles. The van der Waals surface area contributed by atoms with E-state index in [9.17, 15) is 9.59 Å². The molecule has 0 aliphatic carbocycles. The van der Waals surface area contributed by atoms with E-state index < -0.39 is 0 Å². The third-order valence-corrected chi connectivity index (χ3v) is 6.09. The van der Waals surface area contributed by atoms with Crippen LogP contribution in [0.2, 0.25) is 0 Å². The molecule has 7 nitrogen and oxygen atoms in total. The highest BCUT2D eigenvalue weighted by Crippen LogP contribution is 2.36. The Morgan fingerprint density at radius 2 is 1.90 bits per heavy atom. The van der Waals surface area contributed by atoms with E-state index in [1.165, 1.54) is 6.33 Å². The molecule has 1 amide bonds. The summed E-state index contributed by atoms with van der Waals surface area (Å²) in [4.78, 5) is 35.9. The third-order valence-electron chi connectivity index (χ3n) is 6.09. The summed E-state index contributed by atoms with van der Waals surface area (Å²) in [6, 6.07) is 15.1. The summed E-state index contributed by atoms with van der Waals surface area (Å²) in [5.41, 5.74) is 9.14. The molecule has 2 aliphatic rings. The molecule has 0 unspecified atom stereocenters. The van der Waals surface area contributed by atoms with Crippen LogP contribution in [-0.4, -0.2) is 38.4 Å². The van der Waals surface area contributed by atoms with Crippen molar-refractivity contribution in [2.24, 2.45) is 5.92 Å². The zero-order valence-electron chi connectivity index (χ0n) is 16.6. The first kappa shape index (κ1) is 18.5. The van der Waals surface area contributed by atoms with E-state index >= 15 is 0 Å². The minimum Gasteiger partial charge on any atom is -0.384 e. The number of aromatic nitrogens is 3. The van der Waals surface area contributed by atoms with E-state index in [-0.39, 0.29) is 17.4 Å². The first-order valence-electron chi connectivity index (χ1n) is 10.2. The zero-order chi connectivity index (χ0) is 20.7. The largest absolute Gasteiger partial charge is 0.384 e. The van der Waals surface area contributed by atoms with Crippen LogP contribution in [-0.2, 0) is 17.8 Å². The number of hydrogen-bond acceptors (Lipinski definition) is 5. The highest BCUT2D eigenvalue weighted by molar-refractivity contribution is 5.79. The Kier molecular flexibility index (Phi) is 4.58. The van der Waals surface area contributed by atoms with E-state index in [4.69, 9.17) is 5.73 Å². The van der Waals surface area contributed by atoms with E-state index in [0.29, 0.717) is 43.5 Å². The number of nitrogens with zero attached hydrogens (tertiary/aromatic N) is 4. The molecule has 0 radical (unpaired) electrons. The van der Waals surface area contributed by atoms with Crippen LogP contribution in [0, 0.1) is 5.92 Å². The van der Waals surface area contributed by atoms with Gasteiger partial charge in [0.05, 0.1) is 12.1 Å². The number of anilines is 1. The van der Waals surface area contributed by atoms with Crippen LogP contribution in [0.25, 0.3) is 11.3 Å². The Balaban J connectivity index is 1.43. The van der Waals surface area contributed by atoms with Crippen LogP contribution in [0.3, 0.4) is 0 Å². The number of benzene rings is 1. The smallest absolute Gasteiger partial charge is 0.251 e. The van der Waals surface area contributed by atoms with E-state index in [1.807, 2.05) is 45.9 Å². The lowest BCUT2D eigenvalue weighted by atomic mass is 9.82. The maximum absolute atomic E-state index is 12.9. The summed E-state index contributed by atoms with van der Waals surface area (Å²) in [5, 5.41) is 0. The van der Waals surface area contributed by atoms with Gasteiger partial charge < -0.3 is 15.2 Å². The van der Waals surface area contributed by atoms with Gasteiger partial charge in [0, 0.05) is 48.9 Å². The Hall–Kier alpha value is -3.48. The fourth-order valence-corrected chi connectivity index (χ4v) is 4.72. The lowest BCUT2D eigenvalue weighted by Crippen LogP contribution is -2.49. The van der Waals surface area contributed by atoms with Crippen LogP contribution < -0.4 is 11.3 Å². The van der Waals surface area contributed by atoms with Crippen molar-refractivity contribution in [3.05, 3.63) is 76.5 Å². The van der Waals surface area contributed by atoms with Gasteiger partial charge in [-0.15, -0.1) is 0 Å². The van der Waals surface area contributed by atoms with Crippen molar-refractivity contribution in [1.29, 1.82) is 0 Å². The van der Waals surface area contributed by atoms with Gasteiger partial charge in [-0.1, -0.05) is 30.3 Å². The fraction of sp³-hybridized carbons (Fsp3) is 0.304. The summed E-state index contributed by atoms with van der Waals surface area (Å²) >= 11 is 0. The molecule has 30 heavy (non-hydrogen) atoms. The number of pyridine rings is 1. The lowest BCUT2D eigenvalue weighted by Gasteiger charge is -2.43. The SMILES string of the molecule is Nc1cc(-c2cc3n(c(=O)c2)C[C@H]2C[C@@H]3CN(C(=O)Cc3ccccc3)C2)ncn1. The number of carbonyl (C=O) groups is 1. The number of likely N-dealkylation sites (tertiary alicyclic amines) is 1. The second kappa shape index (κ2) is 7.40. The molecule has 2 atom stereocenters. The molecule has 4 heterocycles. The van der Waals surface area contributed by atoms with E-state index in [1.54, 1.807) is 12.1 Å². The molecular formula is C23H23N5O2. The van der Waals surface area contributed by atoms with Gasteiger partial charge in [-0.2, -0.15) is 0 Å². The van der Waals surface area contributed by atoms with Gasteiger partial charge in [0.1, 0.15) is 12.1 Å². The summed E-state index contributed by atoms with van der Waals surface area (Å²) in [7, 11) is 0. The van der Waals surface area contributed by atoms with Crippen LogP contribution in [0.15, 0.2) is 59.7 Å². The highest BCUT2D eigenvalue weighted by Gasteiger charge is 2.36. The van der Waals surface area contributed by atoms with Crippen molar-refractivity contribution in [2.75, 3.05) is 18.8 Å². The van der Waals surface area contributed by atoms with Gasteiger partial charge >= 0.3 is 0 Å². The predicted octanol–water partition coefficient (Wildman–Crippen LogP) is 2.08. The molecule has 2 aliphatic heterocycles. The van der Waals surface area contributed by atoms with E-state index in [0.717, 1.165) is 23.2 Å². The Bertz CT molecular complexity index is 1160. The van der Waals surface area contributed by atoms with Crippen molar-refractivity contribution in [3.8, 4) is 11.3 Å². The standard InChI is InChI=1S/C23H23N5O2/c24-21-10-19(25-14-26-21)17-8-20-18-6-16(12-28(20)23(30)9-17)11-27(13-18)22(29)7-15-4-2-1-3-5-15/h1-5,8-10,14,16,18H,6-7,11-13H2,(H2,24,25,26)/t16-,18+/m0/s1. The summed E-state index contributed by atoms with van der Waals surface area (Å²) in [6.07, 6.45) is 2.81. The maximum Gasteiger partial charge on any atom is 0.251 e. The third kappa shape index (κ3) is 3.47. The second-order valence-electron chi connectivity index (χ2n) is 8.21. The van der Waals surface area contributed by atoms with Gasteiger partial charge in [0.25, 0.3) is 5.56 Å². The Morgan fingerprint density at radius 3 is 2.70 bits per heavy atom. The van der Waals surface area contributed by atoms with Crippen molar-refractivity contribution in [1.82, 2.24) is 19.4 Å². The van der Waals surface area contributed by atoms with Gasteiger partial charge in [-0.3, -0.25) is 9.59 Å². The molecule has 7 heteroatoms. The zero-order valence-corrected chi connectivity index (χ0v) is 16.6. The number of hydrogen-bond donors (Lipinski definition) is 1. The second-order valence-corrected chi connectivity index (χ2v) is 8.21. The van der Waals surface area contributed by atoms with Crippen molar-refractivity contribution in [3.63, 3.8) is 0 Å². The first-order valence-corrected chi connectivity index (χ1v) is 10.2. The minimum absolute atomic E-state index is 0.0292. The summed E-state index contributed by atoms with van der Waals surface area (Å²) < 4.78 is 1.87. The minimum atomic E-state index is -0.0292. The average Bonchev–Trinajstić information content (AvgIpc) is 2.75. The normalized spacial score (nSPS) is 19.9. The number of carbonyl (C=O) groups excluding carboxylic acids is 1. The molecule has 1 saturated heterocycles. The number of nitrogens with two attached hydrogens (primary N) is 1. The first-order chi connectivity index (χ1) is 14.6. The van der Waals surface area contributed by atoms with Gasteiger partial charge in [0.15, 0.2) is 0 Å². The number of nitrogen functional groups attached to an aromatic ring is 1. The number of amides is 1. The van der Waals surface area contributed by atoms with Gasteiger partial charge in [0.2, 0.25) is 5.91 Å². The van der Waals surface area contributed by atoms with Crippen molar-refractivity contribution in [2.45, 2.75) is 25.3 Å². The number of fused-ring (bicyclic) bond motifs is 4. The molecule has 1 fully saturated rings. The Labute approximate surface area is 174 Å². The molecule has 0 spiro atoms. The monoisotopic (exact) mass is 401 g/mol. The van der Waals surface area contributed by atoms with E-state index in [2.05, 4.69) is 9.97 Å². The predicted molar refractivity (Wildman–Crippen MR) is 114 cm³/mol. The van der Waals surface area contributed by atoms with Crippen LogP contribution in [0.1, 0.15) is 23.6 Å². The van der Waals surface area contributed by atoms with Crippen molar-refractivity contribution < 1.29 is 4.79 Å². The van der Waals surface area contributed by atoms with Crippen molar-refractivity contribution >= 4 is 11.7 Å². The number of rotatable bonds is 3. The quantitative estimate of drug-likeness (QED) is 0.725. The molecule has 2 bridgehead atoms. The lowest BCUT2D eigenvalue weighted by molar-refractivity contribution is -0.133. The summed E-state index contributed by atoms with van der Waals surface area (Å²) in [5.74, 6) is 0.956. The summed E-state index contributed by atoms with van der Waals surface area (Å²) in [6.45, 7) is 1.99. The van der Waals surface area contributed by atoms with Gasteiger partial charge in [-0.05, 0) is 24.0 Å².